The molecule has 0 bridgehead atoms. The molecule has 2 nitrogen and oxygen atoms in total. The first-order valence-corrected chi connectivity index (χ1v) is 8.12. The van der Waals surface area contributed by atoms with Crippen LogP contribution in [0.2, 0.25) is 0 Å². The van der Waals surface area contributed by atoms with Crippen molar-refractivity contribution in [3.63, 3.8) is 0 Å². The fraction of sp³-hybridized carbons (Fsp3) is 0.667. The standard InChI is InChI=1S/C18H29NO/c1-4-5-14-6-11-17(19)18(12-14)20-16-9-7-15(8-10-16)13(2)3/h7-10,13-14,17-18H,4-6,11-12,19H2,1-3H3. The third kappa shape index (κ3) is 3.99. The second kappa shape index (κ2) is 7.12. The third-order valence-corrected chi connectivity index (χ3v) is 4.48. The molecule has 1 fully saturated rings. The smallest absolute Gasteiger partial charge is 0.119 e. The number of benzene rings is 1. The molecule has 0 aliphatic heterocycles. The lowest BCUT2D eigenvalue weighted by Gasteiger charge is -2.34. The van der Waals surface area contributed by atoms with Gasteiger partial charge >= 0.3 is 0 Å². The fourth-order valence-corrected chi connectivity index (χ4v) is 3.15. The van der Waals surface area contributed by atoms with Crippen molar-refractivity contribution in [2.75, 3.05) is 0 Å². The van der Waals surface area contributed by atoms with Crippen molar-refractivity contribution in [3.8, 4) is 5.75 Å². The molecule has 2 heteroatoms. The quantitative estimate of drug-likeness (QED) is 0.859. The molecule has 1 aliphatic rings. The zero-order valence-electron chi connectivity index (χ0n) is 13.1. The van der Waals surface area contributed by atoms with E-state index in [2.05, 4.69) is 45.0 Å². The molecule has 20 heavy (non-hydrogen) atoms. The second-order valence-corrected chi connectivity index (χ2v) is 6.51. The van der Waals surface area contributed by atoms with Crippen molar-refractivity contribution in [3.05, 3.63) is 29.8 Å². The van der Waals surface area contributed by atoms with Gasteiger partial charge in [0.15, 0.2) is 0 Å². The molecular weight excluding hydrogens is 246 g/mol. The van der Waals surface area contributed by atoms with Gasteiger partial charge in [0.25, 0.3) is 0 Å². The third-order valence-electron chi connectivity index (χ3n) is 4.48. The molecule has 112 valence electrons. The van der Waals surface area contributed by atoms with Crippen LogP contribution in [-0.4, -0.2) is 12.1 Å². The van der Waals surface area contributed by atoms with Crippen LogP contribution < -0.4 is 10.5 Å². The van der Waals surface area contributed by atoms with Crippen LogP contribution in [0.3, 0.4) is 0 Å². The van der Waals surface area contributed by atoms with Crippen molar-refractivity contribution >= 4 is 0 Å². The highest BCUT2D eigenvalue weighted by atomic mass is 16.5. The van der Waals surface area contributed by atoms with Crippen LogP contribution in [0.5, 0.6) is 5.75 Å². The van der Waals surface area contributed by atoms with Gasteiger partial charge in [-0.25, -0.2) is 0 Å². The van der Waals surface area contributed by atoms with Gasteiger partial charge in [-0.05, 0) is 48.8 Å². The maximum absolute atomic E-state index is 6.24. The van der Waals surface area contributed by atoms with Crippen LogP contribution in [0.25, 0.3) is 0 Å². The number of rotatable bonds is 5. The lowest BCUT2D eigenvalue weighted by Crippen LogP contribution is -2.43. The molecule has 0 spiro atoms. The van der Waals surface area contributed by atoms with E-state index in [1.807, 2.05) is 0 Å². The summed E-state index contributed by atoms with van der Waals surface area (Å²) in [6, 6.07) is 8.69. The first kappa shape index (κ1) is 15.4. The molecule has 0 heterocycles. The summed E-state index contributed by atoms with van der Waals surface area (Å²) in [6.07, 6.45) is 6.22. The van der Waals surface area contributed by atoms with Gasteiger partial charge in [0.1, 0.15) is 11.9 Å². The van der Waals surface area contributed by atoms with Crippen LogP contribution in [0.1, 0.15) is 64.4 Å². The highest BCUT2D eigenvalue weighted by Crippen LogP contribution is 2.30. The van der Waals surface area contributed by atoms with Crippen molar-refractivity contribution in [1.29, 1.82) is 0 Å². The SMILES string of the molecule is CCCC1CCC(N)C(Oc2ccc(C(C)C)cc2)C1. The fourth-order valence-electron chi connectivity index (χ4n) is 3.15. The Balaban J connectivity index is 1.96. The topological polar surface area (TPSA) is 35.2 Å². The van der Waals surface area contributed by atoms with Crippen LogP contribution >= 0.6 is 0 Å². The number of hydrogen-bond donors (Lipinski definition) is 1. The van der Waals surface area contributed by atoms with Gasteiger partial charge < -0.3 is 10.5 Å². The Bertz CT molecular complexity index is 398. The molecule has 1 aromatic rings. The van der Waals surface area contributed by atoms with E-state index in [-0.39, 0.29) is 12.1 Å². The van der Waals surface area contributed by atoms with Gasteiger partial charge in [0, 0.05) is 6.04 Å². The first-order valence-electron chi connectivity index (χ1n) is 8.12. The van der Waals surface area contributed by atoms with E-state index in [0.29, 0.717) is 5.92 Å². The van der Waals surface area contributed by atoms with Gasteiger partial charge in [0.05, 0.1) is 0 Å². The van der Waals surface area contributed by atoms with Crippen LogP contribution in [-0.2, 0) is 0 Å². The molecule has 0 saturated heterocycles. The minimum Gasteiger partial charge on any atom is -0.489 e. The van der Waals surface area contributed by atoms with Gasteiger partial charge in [0.2, 0.25) is 0 Å². The number of ether oxygens (including phenoxy) is 1. The summed E-state index contributed by atoms with van der Waals surface area (Å²) in [6.45, 7) is 6.68. The Morgan fingerprint density at radius 3 is 2.50 bits per heavy atom. The van der Waals surface area contributed by atoms with E-state index in [4.69, 9.17) is 10.5 Å². The molecular formula is C18H29NO. The lowest BCUT2D eigenvalue weighted by atomic mass is 9.82. The zero-order valence-corrected chi connectivity index (χ0v) is 13.1. The number of hydrogen-bond acceptors (Lipinski definition) is 2. The highest BCUT2D eigenvalue weighted by molar-refractivity contribution is 5.29. The molecule has 3 atom stereocenters. The summed E-state index contributed by atoms with van der Waals surface area (Å²) in [4.78, 5) is 0. The largest absolute Gasteiger partial charge is 0.489 e. The Kier molecular flexibility index (Phi) is 5.47. The maximum Gasteiger partial charge on any atom is 0.119 e. The van der Waals surface area contributed by atoms with Crippen molar-refractivity contribution in [2.45, 2.75) is 70.9 Å². The molecule has 1 saturated carbocycles. The Morgan fingerprint density at radius 1 is 1.20 bits per heavy atom. The first-order chi connectivity index (χ1) is 9.60. The van der Waals surface area contributed by atoms with E-state index >= 15 is 0 Å². The van der Waals surface area contributed by atoms with Crippen LogP contribution in [0, 0.1) is 5.92 Å². The average molecular weight is 275 g/mol. The van der Waals surface area contributed by atoms with E-state index in [1.165, 1.54) is 24.8 Å². The predicted octanol–water partition coefficient (Wildman–Crippen LogP) is 4.48. The summed E-state index contributed by atoms with van der Waals surface area (Å²) in [7, 11) is 0. The molecule has 3 unspecified atom stereocenters. The second-order valence-electron chi connectivity index (χ2n) is 6.51. The van der Waals surface area contributed by atoms with Crippen molar-refractivity contribution in [1.82, 2.24) is 0 Å². The normalized spacial score (nSPS) is 26.8. The molecule has 0 radical (unpaired) electrons. The van der Waals surface area contributed by atoms with Gasteiger partial charge in [-0.1, -0.05) is 45.7 Å². The maximum atomic E-state index is 6.24. The van der Waals surface area contributed by atoms with Gasteiger partial charge in [-0.15, -0.1) is 0 Å². The minimum absolute atomic E-state index is 0.185. The Hall–Kier alpha value is -1.02. The summed E-state index contributed by atoms with van der Waals surface area (Å²) in [5.41, 5.74) is 7.59. The van der Waals surface area contributed by atoms with Crippen LogP contribution in [0.15, 0.2) is 24.3 Å². The summed E-state index contributed by atoms with van der Waals surface area (Å²) in [5, 5.41) is 0. The molecule has 1 aliphatic carbocycles. The zero-order chi connectivity index (χ0) is 14.5. The van der Waals surface area contributed by atoms with Crippen molar-refractivity contribution < 1.29 is 4.74 Å². The van der Waals surface area contributed by atoms with E-state index in [9.17, 15) is 0 Å². The molecule has 2 rings (SSSR count). The monoisotopic (exact) mass is 275 g/mol. The lowest BCUT2D eigenvalue weighted by molar-refractivity contribution is 0.0993. The van der Waals surface area contributed by atoms with Gasteiger partial charge in [-0.3, -0.25) is 0 Å². The average Bonchev–Trinajstić information content (AvgIpc) is 2.43. The summed E-state index contributed by atoms with van der Waals surface area (Å²) >= 11 is 0. The molecule has 0 amide bonds. The summed E-state index contributed by atoms with van der Waals surface area (Å²) < 4.78 is 6.15. The molecule has 0 aromatic heterocycles. The molecule has 1 aromatic carbocycles. The number of nitrogens with two attached hydrogens (primary N) is 1. The van der Waals surface area contributed by atoms with E-state index in [1.54, 1.807) is 0 Å². The Morgan fingerprint density at radius 2 is 1.90 bits per heavy atom. The minimum atomic E-state index is 0.185. The molecule has 2 N–H and O–H groups in total. The predicted molar refractivity (Wildman–Crippen MR) is 85.2 cm³/mol. The Labute approximate surface area is 123 Å². The summed E-state index contributed by atoms with van der Waals surface area (Å²) in [5.74, 6) is 2.32. The highest BCUT2D eigenvalue weighted by Gasteiger charge is 2.29. The van der Waals surface area contributed by atoms with Crippen molar-refractivity contribution in [2.24, 2.45) is 11.7 Å². The van der Waals surface area contributed by atoms with E-state index in [0.717, 1.165) is 24.5 Å². The van der Waals surface area contributed by atoms with E-state index < -0.39 is 0 Å². The van der Waals surface area contributed by atoms with Crippen LogP contribution in [0.4, 0.5) is 0 Å². The van der Waals surface area contributed by atoms with Gasteiger partial charge in [-0.2, -0.15) is 0 Å².